The first-order valence-corrected chi connectivity index (χ1v) is 5.66. The number of aromatic amines is 1. The van der Waals surface area contributed by atoms with Gasteiger partial charge in [0.05, 0.1) is 5.69 Å². The second kappa shape index (κ2) is 5.10. The molecule has 0 atom stereocenters. The van der Waals surface area contributed by atoms with Crippen LogP contribution >= 0.6 is 0 Å². The molecule has 1 heterocycles. The summed E-state index contributed by atoms with van der Waals surface area (Å²) < 4.78 is 12.8. The Balaban J connectivity index is 2.24. The second-order valence-electron chi connectivity index (χ2n) is 4.02. The number of halogens is 1. The maximum Gasteiger partial charge on any atom is 0.137 e. The molecule has 90 valence electrons. The fourth-order valence-corrected chi connectivity index (χ4v) is 1.73. The Hall–Kier alpha value is -1.68. The van der Waals surface area contributed by atoms with E-state index in [9.17, 15) is 4.39 Å². The molecule has 1 aromatic carbocycles. The first-order chi connectivity index (χ1) is 8.20. The topological polar surface area (TPSA) is 40.7 Å². The van der Waals surface area contributed by atoms with Gasteiger partial charge in [-0.25, -0.2) is 9.37 Å². The lowest BCUT2D eigenvalue weighted by Crippen LogP contribution is -2.11. The molecule has 0 amide bonds. The summed E-state index contributed by atoms with van der Waals surface area (Å²) >= 11 is 0. The van der Waals surface area contributed by atoms with Crippen molar-refractivity contribution in [2.75, 3.05) is 13.6 Å². The van der Waals surface area contributed by atoms with Crippen LogP contribution in [-0.4, -0.2) is 23.6 Å². The van der Waals surface area contributed by atoms with Crippen LogP contribution in [0, 0.1) is 12.7 Å². The Labute approximate surface area is 100 Å². The third-order valence-electron chi connectivity index (χ3n) is 2.71. The highest BCUT2D eigenvalue weighted by Gasteiger charge is 2.07. The summed E-state index contributed by atoms with van der Waals surface area (Å²) in [4.78, 5) is 7.76. The minimum absolute atomic E-state index is 0.229. The van der Waals surface area contributed by atoms with Gasteiger partial charge >= 0.3 is 0 Å². The van der Waals surface area contributed by atoms with E-state index < -0.39 is 0 Å². The normalized spacial score (nSPS) is 10.8. The van der Waals surface area contributed by atoms with E-state index in [0.717, 1.165) is 35.7 Å². The van der Waals surface area contributed by atoms with E-state index in [2.05, 4.69) is 15.3 Å². The van der Waals surface area contributed by atoms with Crippen molar-refractivity contribution in [3.05, 3.63) is 41.5 Å². The Morgan fingerprint density at radius 1 is 1.29 bits per heavy atom. The standard InChI is InChI=1S/C13H16FN3/c1-9-12(7-8-15-2)17-13(16-9)10-3-5-11(14)6-4-10/h3-6,15H,7-8H2,1-2H3,(H,16,17). The maximum absolute atomic E-state index is 12.8. The molecule has 2 aromatic rings. The number of likely N-dealkylation sites (N-methyl/N-ethyl adjacent to an activating group) is 1. The molecule has 0 aliphatic carbocycles. The van der Waals surface area contributed by atoms with Crippen LogP contribution in [0.5, 0.6) is 0 Å². The summed E-state index contributed by atoms with van der Waals surface area (Å²) in [6.07, 6.45) is 0.889. The molecule has 0 fully saturated rings. The van der Waals surface area contributed by atoms with E-state index >= 15 is 0 Å². The van der Waals surface area contributed by atoms with Crippen molar-refractivity contribution in [3.8, 4) is 11.4 Å². The fourth-order valence-electron chi connectivity index (χ4n) is 1.73. The van der Waals surface area contributed by atoms with E-state index in [1.165, 1.54) is 12.1 Å². The van der Waals surface area contributed by atoms with Crippen molar-refractivity contribution in [3.63, 3.8) is 0 Å². The van der Waals surface area contributed by atoms with E-state index in [-0.39, 0.29) is 5.82 Å². The summed E-state index contributed by atoms with van der Waals surface area (Å²) in [5.74, 6) is 0.570. The van der Waals surface area contributed by atoms with E-state index in [0.29, 0.717) is 0 Å². The molecule has 0 radical (unpaired) electrons. The van der Waals surface area contributed by atoms with Crippen LogP contribution in [-0.2, 0) is 6.42 Å². The van der Waals surface area contributed by atoms with Crippen molar-refractivity contribution >= 4 is 0 Å². The highest BCUT2D eigenvalue weighted by atomic mass is 19.1. The summed E-state index contributed by atoms with van der Waals surface area (Å²) in [6.45, 7) is 2.90. The Kier molecular flexibility index (Phi) is 3.54. The van der Waals surface area contributed by atoms with E-state index in [4.69, 9.17) is 0 Å². The summed E-state index contributed by atoms with van der Waals surface area (Å²) in [7, 11) is 1.92. The fraction of sp³-hybridized carbons (Fsp3) is 0.308. The second-order valence-corrected chi connectivity index (χ2v) is 4.02. The monoisotopic (exact) mass is 233 g/mol. The molecule has 0 spiro atoms. The quantitative estimate of drug-likeness (QED) is 0.850. The Morgan fingerprint density at radius 3 is 2.65 bits per heavy atom. The van der Waals surface area contributed by atoms with Gasteiger partial charge in [0.15, 0.2) is 0 Å². The smallest absolute Gasteiger partial charge is 0.137 e. The number of aryl methyl sites for hydroxylation is 1. The van der Waals surface area contributed by atoms with E-state index in [1.54, 1.807) is 12.1 Å². The average Bonchev–Trinajstić information content (AvgIpc) is 2.69. The highest BCUT2D eigenvalue weighted by Crippen LogP contribution is 2.18. The minimum atomic E-state index is -0.229. The van der Waals surface area contributed by atoms with Crippen molar-refractivity contribution < 1.29 is 4.39 Å². The molecule has 3 nitrogen and oxygen atoms in total. The molecule has 0 saturated carbocycles. The molecular formula is C13H16FN3. The molecule has 1 aromatic heterocycles. The first-order valence-electron chi connectivity index (χ1n) is 5.66. The molecule has 0 unspecified atom stereocenters. The number of imidazole rings is 1. The number of nitrogens with one attached hydrogen (secondary N) is 2. The Morgan fingerprint density at radius 2 is 2.00 bits per heavy atom. The molecule has 0 aliphatic heterocycles. The lowest BCUT2D eigenvalue weighted by Gasteiger charge is -1.96. The van der Waals surface area contributed by atoms with Crippen LogP contribution in [0.2, 0.25) is 0 Å². The number of aromatic nitrogens is 2. The predicted octanol–water partition coefficient (Wildman–Crippen LogP) is 2.29. The largest absolute Gasteiger partial charge is 0.342 e. The van der Waals surface area contributed by atoms with Gasteiger partial charge in [-0.3, -0.25) is 0 Å². The maximum atomic E-state index is 12.8. The zero-order valence-electron chi connectivity index (χ0n) is 10.0. The van der Waals surface area contributed by atoms with Crippen molar-refractivity contribution in [2.24, 2.45) is 0 Å². The van der Waals surface area contributed by atoms with Gasteiger partial charge in [0, 0.05) is 24.2 Å². The van der Waals surface area contributed by atoms with Crippen LogP contribution in [0.3, 0.4) is 0 Å². The van der Waals surface area contributed by atoms with Crippen LogP contribution in [0.1, 0.15) is 11.4 Å². The SMILES string of the molecule is CNCCc1nc(-c2ccc(F)cc2)[nH]c1C. The van der Waals surface area contributed by atoms with E-state index in [1.807, 2.05) is 14.0 Å². The van der Waals surface area contributed by atoms with Gasteiger partial charge in [0.1, 0.15) is 11.6 Å². The number of H-pyrrole nitrogens is 1. The molecule has 0 bridgehead atoms. The average molecular weight is 233 g/mol. The van der Waals surface area contributed by atoms with Crippen LogP contribution in [0.25, 0.3) is 11.4 Å². The van der Waals surface area contributed by atoms with Gasteiger partial charge in [-0.1, -0.05) is 0 Å². The molecule has 2 N–H and O–H groups in total. The van der Waals surface area contributed by atoms with Crippen molar-refractivity contribution in [2.45, 2.75) is 13.3 Å². The number of benzene rings is 1. The molecule has 17 heavy (non-hydrogen) atoms. The van der Waals surface area contributed by atoms with Gasteiger partial charge in [0.2, 0.25) is 0 Å². The number of rotatable bonds is 4. The zero-order chi connectivity index (χ0) is 12.3. The van der Waals surface area contributed by atoms with Crippen LogP contribution in [0.15, 0.2) is 24.3 Å². The van der Waals surface area contributed by atoms with Crippen molar-refractivity contribution in [1.29, 1.82) is 0 Å². The summed E-state index contributed by atoms with van der Waals surface area (Å²) in [6, 6.07) is 6.35. The predicted molar refractivity (Wildman–Crippen MR) is 66.3 cm³/mol. The highest BCUT2D eigenvalue weighted by molar-refractivity contribution is 5.55. The van der Waals surface area contributed by atoms with Gasteiger partial charge < -0.3 is 10.3 Å². The van der Waals surface area contributed by atoms with Gasteiger partial charge in [-0.05, 0) is 38.2 Å². The first kappa shape index (κ1) is 11.8. The van der Waals surface area contributed by atoms with Crippen molar-refractivity contribution in [1.82, 2.24) is 15.3 Å². The molecule has 0 saturated heterocycles. The lowest BCUT2D eigenvalue weighted by molar-refractivity contribution is 0.628. The molecule has 4 heteroatoms. The number of hydrogen-bond acceptors (Lipinski definition) is 2. The third-order valence-corrected chi connectivity index (χ3v) is 2.71. The van der Waals surface area contributed by atoms with Crippen LogP contribution in [0.4, 0.5) is 4.39 Å². The van der Waals surface area contributed by atoms with Gasteiger partial charge in [0.25, 0.3) is 0 Å². The zero-order valence-corrected chi connectivity index (χ0v) is 10.0. The summed E-state index contributed by atoms with van der Waals surface area (Å²) in [5.41, 5.74) is 3.03. The molecular weight excluding hydrogens is 217 g/mol. The number of nitrogens with zero attached hydrogens (tertiary/aromatic N) is 1. The number of hydrogen-bond donors (Lipinski definition) is 2. The van der Waals surface area contributed by atoms with Crippen LogP contribution < -0.4 is 5.32 Å². The Bertz CT molecular complexity index is 488. The van der Waals surface area contributed by atoms with Gasteiger partial charge in [-0.2, -0.15) is 0 Å². The molecule has 0 aliphatic rings. The van der Waals surface area contributed by atoms with Gasteiger partial charge in [-0.15, -0.1) is 0 Å². The summed E-state index contributed by atoms with van der Waals surface area (Å²) in [5, 5.41) is 3.10. The molecule has 2 rings (SSSR count). The lowest BCUT2D eigenvalue weighted by atomic mass is 10.2. The third kappa shape index (κ3) is 2.71. The minimum Gasteiger partial charge on any atom is -0.342 e.